The smallest absolute Gasteiger partial charge is 0.418 e. The number of aromatic nitrogens is 2. The molecule has 0 radical (unpaired) electrons. The monoisotopic (exact) mass is 476 g/mol. The number of methoxy groups -OCH3 is 1. The summed E-state index contributed by atoms with van der Waals surface area (Å²) in [5.74, 6) is 0.687. The first kappa shape index (κ1) is 24.0. The van der Waals surface area contributed by atoms with Crippen molar-refractivity contribution in [2.45, 2.75) is 45.2 Å². The normalized spacial score (nSPS) is 18.5. The van der Waals surface area contributed by atoms with E-state index in [4.69, 9.17) is 4.74 Å². The number of ether oxygens (including phenoxy) is 1. The number of nitrogens with zero attached hydrogens (tertiary/aromatic N) is 3. The number of hydrogen-bond donors (Lipinski definition) is 1. The molecule has 0 bridgehead atoms. The van der Waals surface area contributed by atoms with Crippen LogP contribution in [-0.2, 0) is 11.0 Å². The fourth-order valence-corrected chi connectivity index (χ4v) is 4.25. The van der Waals surface area contributed by atoms with E-state index in [1.165, 1.54) is 7.11 Å². The van der Waals surface area contributed by atoms with E-state index >= 15 is 0 Å². The third kappa shape index (κ3) is 5.66. The molecule has 1 saturated carbocycles. The summed E-state index contributed by atoms with van der Waals surface area (Å²) >= 11 is 0. The van der Waals surface area contributed by atoms with E-state index in [2.05, 4.69) is 15.3 Å². The van der Waals surface area contributed by atoms with Gasteiger partial charge < -0.3 is 15.0 Å². The molecule has 1 aliphatic heterocycles. The van der Waals surface area contributed by atoms with Crippen molar-refractivity contribution in [3.63, 3.8) is 0 Å². The Balaban J connectivity index is 1.45. The molecule has 34 heavy (non-hydrogen) atoms. The van der Waals surface area contributed by atoms with Crippen molar-refractivity contribution in [2.24, 2.45) is 11.8 Å². The van der Waals surface area contributed by atoms with Crippen LogP contribution in [0.4, 0.5) is 24.8 Å². The summed E-state index contributed by atoms with van der Waals surface area (Å²) in [6.07, 6.45) is -0.0686. The Labute approximate surface area is 195 Å². The van der Waals surface area contributed by atoms with E-state index in [-0.39, 0.29) is 35.7 Å². The molecule has 1 atom stereocenters. The lowest BCUT2D eigenvalue weighted by atomic mass is 9.91. The van der Waals surface area contributed by atoms with Gasteiger partial charge in [-0.3, -0.25) is 9.59 Å². The van der Waals surface area contributed by atoms with Crippen LogP contribution in [0.2, 0.25) is 0 Å². The number of amides is 1. The predicted molar refractivity (Wildman–Crippen MR) is 120 cm³/mol. The van der Waals surface area contributed by atoms with Gasteiger partial charge in [0, 0.05) is 42.9 Å². The van der Waals surface area contributed by atoms with E-state index in [0.29, 0.717) is 36.0 Å². The number of anilines is 2. The molecular formula is C24H27F3N4O3. The highest BCUT2D eigenvalue weighted by molar-refractivity contribution is 5.98. The number of aryl methyl sites for hydroxylation is 1. The van der Waals surface area contributed by atoms with Crippen LogP contribution in [0.3, 0.4) is 0 Å². The number of pyridine rings is 2. The molecular weight excluding hydrogens is 449 g/mol. The fraction of sp³-hybridized carbons (Fsp3) is 0.500. The molecule has 1 aliphatic carbocycles. The molecule has 1 amide bonds. The molecule has 0 aromatic carbocycles. The number of carbonyl (C=O) groups excluding carboxylic acids is 2. The van der Waals surface area contributed by atoms with Gasteiger partial charge in [-0.1, -0.05) is 0 Å². The van der Waals surface area contributed by atoms with Crippen LogP contribution in [0.5, 0.6) is 5.75 Å². The third-order valence-electron chi connectivity index (χ3n) is 6.15. The molecule has 182 valence electrons. The van der Waals surface area contributed by atoms with Gasteiger partial charge in [-0.05, 0) is 56.7 Å². The Bertz CT molecular complexity index is 1090. The molecule has 0 unspecified atom stereocenters. The van der Waals surface area contributed by atoms with Crippen molar-refractivity contribution in [3.8, 4) is 5.75 Å². The first-order chi connectivity index (χ1) is 16.1. The number of Topliss-reactive ketones (excluding diaryl/α,β-unsaturated/α-hetero) is 1. The van der Waals surface area contributed by atoms with Crippen molar-refractivity contribution in [3.05, 3.63) is 41.2 Å². The quantitative estimate of drug-likeness (QED) is 0.586. The summed E-state index contributed by atoms with van der Waals surface area (Å²) in [5.41, 5.74) is 0.260. The van der Waals surface area contributed by atoms with Gasteiger partial charge in [0.25, 0.3) is 0 Å². The summed E-state index contributed by atoms with van der Waals surface area (Å²) in [6, 6.07) is 4.26. The van der Waals surface area contributed by atoms with Crippen LogP contribution < -0.4 is 15.0 Å². The SMILES string of the molecule is COc1cc(C(F)(F)F)cnc1N1CCC[C@@H](CC(=O)c2cc(C)nc(NC(=O)C3CC3)c2)C1. The van der Waals surface area contributed by atoms with Crippen molar-refractivity contribution >= 4 is 23.3 Å². The van der Waals surface area contributed by atoms with E-state index in [0.717, 1.165) is 37.9 Å². The maximum atomic E-state index is 13.0. The first-order valence-corrected chi connectivity index (χ1v) is 11.3. The molecule has 1 saturated heterocycles. The molecule has 1 N–H and O–H groups in total. The zero-order chi connectivity index (χ0) is 24.5. The van der Waals surface area contributed by atoms with Crippen LogP contribution in [0, 0.1) is 18.8 Å². The molecule has 2 aliphatic rings. The number of nitrogens with one attached hydrogen (secondary N) is 1. The van der Waals surface area contributed by atoms with Crippen molar-refractivity contribution in [2.75, 3.05) is 30.4 Å². The Morgan fingerprint density at radius 1 is 1.21 bits per heavy atom. The van der Waals surface area contributed by atoms with Gasteiger partial charge in [0.1, 0.15) is 5.82 Å². The van der Waals surface area contributed by atoms with Crippen LogP contribution >= 0.6 is 0 Å². The Kier molecular flexibility index (Phi) is 6.77. The Morgan fingerprint density at radius 3 is 2.65 bits per heavy atom. The molecule has 4 rings (SSSR count). The van der Waals surface area contributed by atoms with E-state index < -0.39 is 11.7 Å². The molecule has 10 heteroatoms. The van der Waals surface area contributed by atoms with Crippen molar-refractivity contribution in [1.29, 1.82) is 0 Å². The summed E-state index contributed by atoms with van der Waals surface area (Å²) in [4.78, 5) is 35.3. The number of piperidine rings is 1. The number of hydrogen-bond acceptors (Lipinski definition) is 6. The number of rotatable bonds is 7. The fourth-order valence-electron chi connectivity index (χ4n) is 4.25. The summed E-state index contributed by atoms with van der Waals surface area (Å²) in [6.45, 7) is 2.87. The number of alkyl halides is 3. The maximum Gasteiger partial charge on any atom is 0.418 e. The second-order valence-corrected chi connectivity index (χ2v) is 8.98. The van der Waals surface area contributed by atoms with Gasteiger partial charge in [0.05, 0.1) is 12.7 Å². The lowest BCUT2D eigenvalue weighted by Gasteiger charge is -2.34. The van der Waals surface area contributed by atoms with Crippen molar-refractivity contribution < 1.29 is 27.5 Å². The summed E-state index contributed by atoms with van der Waals surface area (Å²) in [7, 11) is 1.32. The summed E-state index contributed by atoms with van der Waals surface area (Å²) in [5, 5.41) is 2.79. The largest absolute Gasteiger partial charge is 0.493 e. The van der Waals surface area contributed by atoms with E-state index in [9.17, 15) is 22.8 Å². The molecule has 2 aromatic rings. The molecule has 2 fully saturated rings. The average molecular weight is 476 g/mol. The molecule has 2 aromatic heterocycles. The van der Waals surface area contributed by atoms with Crippen LogP contribution in [0.25, 0.3) is 0 Å². The average Bonchev–Trinajstić information content (AvgIpc) is 3.63. The molecule has 0 spiro atoms. The third-order valence-corrected chi connectivity index (χ3v) is 6.15. The number of carbonyl (C=O) groups is 2. The van der Waals surface area contributed by atoms with Gasteiger partial charge in [0.2, 0.25) is 5.91 Å². The van der Waals surface area contributed by atoms with Gasteiger partial charge in [-0.25, -0.2) is 9.97 Å². The lowest BCUT2D eigenvalue weighted by molar-refractivity contribution is -0.137. The van der Waals surface area contributed by atoms with Crippen LogP contribution in [0.1, 0.15) is 53.7 Å². The van der Waals surface area contributed by atoms with Crippen LogP contribution in [0.15, 0.2) is 24.4 Å². The lowest BCUT2D eigenvalue weighted by Crippen LogP contribution is -2.37. The second kappa shape index (κ2) is 9.60. The van der Waals surface area contributed by atoms with Crippen molar-refractivity contribution in [1.82, 2.24) is 9.97 Å². The van der Waals surface area contributed by atoms with E-state index in [1.54, 1.807) is 19.1 Å². The zero-order valence-corrected chi connectivity index (χ0v) is 19.1. The number of halogens is 3. The zero-order valence-electron chi connectivity index (χ0n) is 19.1. The topological polar surface area (TPSA) is 84.4 Å². The minimum Gasteiger partial charge on any atom is -0.493 e. The van der Waals surface area contributed by atoms with Gasteiger partial charge >= 0.3 is 6.18 Å². The standard InChI is InChI=1S/C24H27F3N4O3/c1-14-8-17(10-21(29-14)30-23(33)16-5-6-16)19(32)9-15-4-3-7-31(13-15)22-20(34-2)11-18(12-28-22)24(25,26)27/h8,10-12,15-16H,3-7,9,13H2,1-2H3,(H,29,30,33)/t15-/m0/s1. The van der Waals surface area contributed by atoms with E-state index in [1.807, 2.05) is 4.90 Å². The Morgan fingerprint density at radius 2 is 1.97 bits per heavy atom. The second-order valence-electron chi connectivity index (χ2n) is 8.98. The Hall–Kier alpha value is -3.17. The van der Waals surface area contributed by atoms with Gasteiger partial charge in [-0.2, -0.15) is 13.2 Å². The number of ketones is 1. The minimum absolute atomic E-state index is 0.00743. The molecule has 7 nitrogen and oxygen atoms in total. The van der Waals surface area contributed by atoms with Gasteiger partial charge in [0.15, 0.2) is 17.4 Å². The first-order valence-electron chi connectivity index (χ1n) is 11.3. The van der Waals surface area contributed by atoms with Gasteiger partial charge in [-0.15, -0.1) is 0 Å². The highest BCUT2D eigenvalue weighted by Crippen LogP contribution is 2.36. The van der Waals surface area contributed by atoms with Crippen LogP contribution in [-0.4, -0.2) is 41.9 Å². The minimum atomic E-state index is -4.50. The molecule has 3 heterocycles. The highest BCUT2D eigenvalue weighted by Gasteiger charge is 2.33. The highest BCUT2D eigenvalue weighted by atomic mass is 19.4. The maximum absolute atomic E-state index is 13.0. The summed E-state index contributed by atoms with van der Waals surface area (Å²) < 4.78 is 44.3. The predicted octanol–water partition coefficient (Wildman–Crippen LogP) is 4.65.